The number of rotatable bonds is 12. The van der Waals surface area contributed by atoms with Gasteiger partial charge in [0.05, 0.1) is 18.0 Å². The van der Waals surface area contributed by atoms with E-state index in [4.69, 9.17) is 28.7 Å². The molecule has 0 saturated heterocycles. The minimum atomic E-state index is -0.975. The van der Waals surface area contributed by atoms with Gasteiger partial charge in [-0.15, -0.1) is 0 Å². The molecule has 8 aromatic rings. The van der Waals surface area contributed by atoms with Crippen LogP contribution in [0.1, 0.15) is 56.9 Å². The van der Waals surface area contributed by atoms with Crippen LogP contribution >= 0.6 is 0 Å². The number of aryl methyl sites for hydroxylation is 3. The fraction of sp³-hybridized carbons (Fsp3) is 0.163. The number of carboxylic acids is 1. The highest BCUT2D eigenvalue weighted by Crippen LogP contribution is 2.23. The molecule has 0 aliphatic carbocycles. The summed E-state index contributed by atoms with van der Waals surface area (Å²) in [4.78, 5) is 39.8. The van der Waals surface area contributed by atoms with E-state index >= 15 is 0 Å². The lowest BCUT2D eigenvalue weighted by atomic mass is 10.0. The highest BCUT2D eigenvalue weighted by Gasteiger charge is 2.13. The number of benzene rings is 4. The number of Topliss-reactive ketones (excluding diaryl/α,β-unsaturated/α-hetero) is 1. The number of oxazole rings is 2. The van der Waals surface area contributed by atoms with Crippen molar-refractivity contribution in [1.29, 1.82) is 0 Å². The Labute approximate surface area is 335 Å². The summed E-state index contributed by atoms with van der Waals surface area (Å²) in [6.07, 6.45) is 5.54. The lowest BCUT2D eigenvalue weighted by Crippen LogP contribution is -2.01. The molecular weight excluding hydrogens is 765 g/mol. The van der Waals surface area contributed by atoms with Crippen LogP contribution in [0.4, 0.5) is 8.78 Å². The van der Waals surface area contributed by atoms with Gasteiger partial charge in [-0.2, -0.15) is 9.97 Å². The maximum absolute atomic E-state index is 13.0. The summed E-state index contributed by atoms with van der Waals surface area (Å²) in [5.41, 5.74) is 9.05. The molecule has 0 radical (unpaired) electrons. The Morgan fingerprint density at radius 3 is 1.58 bits per heavy atom. The second-order valence-electron chi connectivity index (χ2n) is 12.8. The Bertz CT molecular complexity index is 2620. The molecule has 0 atom stereocenters. The number of ketones is 1. The van der Waals surface area contributed by atoms with E-state index in [1.165, 1.54) is 36.4 Å². The molecule has 0 bridgehead atoms. The lowest BCUT2D eigenvalue weighted by Gasteiger charge is -2.02. The zero-order valence-corrected chi connectivity index (χ0v) is 31.8. The SMILES string of the molecule is Cc1nc(-c2cccc(C(=O)CCCc3cnc(-c4ccc(F)cc4)o3)c2)no1.Cc1nc(-c2cccc(C(=O)O)c2)no1.NCCc1cnc(-c2ccc(F)cc2)o1. The van der Waals surface area contributed by atoms with E-state index in [0.717, 1.165) is 16.9 Å². The number of nitrogens with zero attached hydrogens (tertiary/aromatic N) is 6. The summed E-state index contributed by atoms with van der Waals surface area (Å²) in [6.45, 7) is 3.92. The van der Waals surface area contributed by atoms with Gasteiger partial charge in [0.1, 0.15) is 23.2 Å². The molecule has 0 spiro atoms. The normalized spacial score (nSPS) is 10.7. The van der Waals surface area contributed by atoms with Gasteiger partial charge in [-0.25, -0.2) is 23.5 Å². The van der Waals surface area contributed by atoms with Gasteiger partial charge in [-0.05, 0) is 79.7 Å². The van der Waals surface area contributed by atoms with E-state index < -0.39 is 5.97 Å². The smallest absolute Gasteiger partial charge is 0.335 e. The number of nitrogens with two attached hydrogens (primary N) is 1. The van der Waals surface area contributed by atoms with Crippen LogP contribution in [0.5, 0.6) is 0 Å². The number of carboxylic acid groups (broad SMARTS) is 1. The molecule has 0 saturated carbocycles. The van der Waals surface area contributed by atoms with Crippen molar-refractivity contribution in [3.63, 3.8) is 0 Å². The van der Waals surface area contributed by atoms with Gasteiger partial charge < -0.3 is 28.7 Å². The Hall–Kier alpha value is -7.46. The Balaban J connectivity index is 0.000000164. The monoisotopic (exact) mass is 801 g/mol. The van der Waals surface area contributed by atoms with Crippen molar-refractivity contribution in [1.82, 2.24) is 30.2 Å². The summed E-state index contributed by atoms with van der Waals surface area (Å²) in [6, 6.07) is 25.6. The van der Waals surface area contributed by atoms with Gasteiger partial charge in [0, 0.05) is 60.9 Å². The van der Waals surface area contributed by atoms with Gasteiger partial charge in [-0.1, -0.05) is 40.6 Å². The zero-order valence-electron chi connectivity index (χ0n) is 31.8. The van der Waals surface area contributed by atoms with Crippen LogP contribution in [0.25, 0.3) is 45.7 Å². The second-order valence-corrected chi connectivity index (χ2v) is 12.8. The first-order valence-corrected chi connectivity index (χ1v) is 18.2. The number of aromatic nitrogens is 6. The van der Waals surface area contributed by atoms with Crippen molar-refractivity contribution in [3.05, 3.63) is 156 Å². The summed E-state index contributed by atoms with van der Waals surface area (Å²) in [5, 5.41) is 16.4. The number of carbonyl (C=O) groups is 2. The Morgan fingerprint density at radius 2 is 1.12 bits per heavy atom. The fourth-order valence-corrected chi connectivity index (χ4v) is 5.46. The quantitative estimate of drug-likeness (QED) is 0.111. The van der Waals surface area contributed by atoms with E-state index in [-0.39, 0.29) is 23.0 Å². The number of carbonyl (C=O) groups excluding carboxylic acids is 1. The number of halogens is 2. The molecule has 0 fully saturated rings. The van der Waals surface area contributed by atoms with Crippen LogP contribution in [0, 0.1) is 25.5 Å². The van der Waals surface area contributed by atoms with Crippen LogP contribution in [-0.4, -0.2) is 53.7 Å². The van der Waals surface area contributed by atoms with Crippen molar-refractivity contribution >= 4 is 11.8 Å². The fourth-order valence-electron chi connectivity index (χ4n) is 5.46. The van der Waals surface area contributed by atoms with Gasteiger partial charge in [0.2, 0.25) is 35.2 Å². The summed E-state index contributed by atoms with van der Waals surface area (Å²) in [5.74, 6) is 2.64. The van der Waals surface area contributed by atoms with Crippen molar-refractivity contribution in [2.45, 2.75) is 39.5 Å². The molecule has 16 heteroatoms. The second kappa shape index (κ2) is 19.6. The van der Waals surface area contributed by atoms with E-state index in [9.17, 15) is 18.4 Å². The van der Waals surface area contributed by atoms with Crippen molar-refractivity contribution in [2.24, 2.45) is 5.73 Å². The molecule has 3 N–H and O–H groups in total. The van der Waals surface area contributed by atoms with Gasteiger partial charge in [0.25, 0.3) is 0 Å². The summed E-state index contributed by atoms with van der Waals surface area (Å²) >= 11 is 0. The van der Waals surface area contributed by atoms with Crippen LogP contribution < -0.4 is 5.73 Å². The van der Waals surface area contributed by atoms with E-state index in [1.54, 1.807) is 80.8 Å². The first-order chi connectivity index (χ1) is 28.5. The molecular formula is C43H37F2N7O7. The summed E-state index contributed by atoms with van der Waals surface area (Å²) in [7, 11) is 0. The molecule has 0 aliphatic heterocycles. The number of aromatic carboxylic acids is 1. The van der Waals surface area contributed by atoms with Crippen LogP contribution in [-0.2, 0) is 12.8 Å². The van der Waals surface area contributed by atoms with E-state index in [2.05, 4.69) is 30.2 Å². The Kier molecular flexibility index (Phi) is 13.7. The van der Waals surface area contributed by atoms with Crippen LogP contribution in [0.2, 0.25) is 0 Å². The van der Waals surface area contributed by atoms with Crippen LogP contribution in [0.15, 0.2) is 127 Å². The summed E-state index contributed by atoms with van der Waals surface area (Å²) < 4.78 is 46.6. The maximum atomic E-state index is 13.0. The molecule has 0 unspecified atom stereocenters. The molecule has 300 valence electrons. The zero-order chi connectivity index (χ0) is 41.7. The van der Waals surface area contributed by atoms with Gasteiger partial charge in [0.15, 0.2) is 5.78 Å². The topological polar surface area (TPSA) is 210 Å². The van der Waals surface area contributed by atoms with Gasteiger partial charge >= 0.3 is 5.97 Å². The highest BCUT2D eigenvalue weighted by atomic mass is 19.1. The van der Waals surface area contributed by atoms with E-state index in [1.807, 2.05) is 6.07 Å². The minimum absolute atomic E-state index is 0.0327. The Morgan fingerprint density at radius 1 is 0.644 bits per heavy atom. The molecule has 0 amide bonds. The molecule has 4 aromatic carbocycles. The van der Waals surface area contributed by atoms with Crippen molar-refractivity contribution in [2.75, 3.05) is 6.54 Å². The third kappa shape index (κ3) is 11.5. The lowest BCUT2D eigenvalue weighted by molar-refractivity contribution is 0.0696. The first kappa shape index (κ1) is 41.2. The molecule has 0 aliphatic rings. The predicted octanol–water partition coefficient (Wildman–Crippen LogP) is 8.77. The third-order valence-electron chi connectivity index (χ3n) is 8.37. The molecule has 14 nitrogen and oxygen atoms in total. The largest absolute Gasteiger partial charge is 0.478 e. The van der Waals surface area contributed by atoms with Crippen molar-refractivity contribution in [3.8, 4) is 45.7 Å². The highest BCUT2D eigenvalue weighted by molar-refractivity contribution is 5.97. The number of hydrogen-bond acceptors (Lipinski definition) is 13. The molecule has 4 aromatic heterocycles. The van der Waals surface area contributed by atoms with Gasteiger partial charge in [-0.3, -0.25) is 4.79 Å². The number of hydrogen-bond donors (Lipinski definition) is 2. The standard InChI is InChI=1S/C22H18FN3O3.C11H11FN2O.C10H8N2O3/c1-14-25-21(26-29-14)17-5-2-4-16(12-17)20(27)7-3-6-19-13-24-22(28-19)15-8-10-18(23)11-9-15;12-9-3-1-8(2-4-9)11-14-7-10(15-11)5-6-13;1-6-11-9(12-15-6)7-3-2-4-8(5-7)10(13)14/h2,4-5,8-13H,3,6-7H2,1H3;1-4,7H,5-6,13H2;2-5H,1H3,(H,13,14). The molecule has 59 heavy (non-hydrogen) atoms. The minimum Gasteiger partial charge on any atom is -0.478 e. The third-order valence-corrected chi connectivity index (χ3v) is 8.37. The average Bonchev–Trinajstić information content (AvgIpc) is 4.09. The molecule has 4 heterocycles. The van der Waals surface area contributed by atoms with E-state index in [0.29, 0.717) is 89.9 Å². The average molecular weight is 802 g/mol. The van der Waals surface area contributed by atoms with Crippen LogP contribution in [0.3, 0.4) is 0 Å². The molecule has 8 rings (SSSR count). The predicted molar refractivity (Wildman–Crippen MR) is 210 cm³/mol. The first-order valence-electron chi connectivity index (χ1n) is 18.2. The maximum Gasteiger partial charge on any atom is 0.335 e. The van der Waals surface area contributed by atoms with Crippen molar-refractivity contribution < 1.29 is 41.4 Å².